The van der Waals surface area contributed by atoms with E-state index in [4.69, 9.17) is 8.92 Å². The molecular formula is C20H17NO8S2. The van der Waals surface area contributed by atoms with E-state index < -0.39 is 33.8 Å². The van der Waals surface area contributed by atoms with Gasteiger partial charge in [-0.2, -0.15) is 8.42 Å². The predicted molar refractivity (Wildman–Crippen MR) is 112 cm³/mol. The fraction of sp³-hybridized carbons (Fsp3) is 0.150. The van der Waals surface area contributed by atoms with Crippen molar-refractivity contribution in [2.45, 2.75) is 4.90 Å². The number of carbonyl (C=O) groups is 3. The Morgan fingerprint density at radius 1 is 1.06 bits per heavy atom. The van der Waals surface area contributed by atoms with Crippen molar-refractivity contribution in [1.29, 1.82) is 0 Å². The molecule has 1 saturated heterocycles. The first-order chi connectivity index (χ1) is 14.7. The molecule has 2 aromatic rings. The molecule has 0 bridgehead atoms. The molecule has 11 heteroatoms. The zero-order chi connectivity index (χ0) is 22.6. The van der Waals surface area contributed by atoms with Crippen molar-refractivity contribution in [2.24, 2.45) is 0 Å². The van der Waals surface area contributed by atoms with Crippen molar-refractivity contribution in [1.82, 2.24) is 4.90 Å². The summed E-state index contributed by atoms with van der Waals surface area (Å²) in [5.41, 5.74) is 0.391. The summed E-state index contributed by atoms with van der Waals surface area (Å²) >= 11 is 0.655. The molecule has 0 radical (unpaired) electrons. The molecule has 0 aromatic heterocycles. The Bertz CT molecular complexity index is 1160. The zero-order valence-electron chi connectivity index (χ0n) is 16.4. The molecule has 1 heterocycles. The molecule has 162 valence electrons. The Kier molecular flexibility index (Phi) is 6.66. The van der Waals surface area contributed by atoms with Crippen LogP contribution in [0.3, 0.4) is 0 Å². The van der Waals surface area contributed by atoms with E-state index in [-0.39, 0.29) is 21.3 Å². The number of nitrogens with zero attached hydrogens (tertiary/aromatic N) is 1. The highest BCUT2D eigenvalue weighted by atomic mass is 32.2. The van der Waals surface area contributed by atoms with Crippen LogP contribution < -0.4 is 8.92 Å². The second kappa shape index (κ2) is 9.23. The Hall–Kier alpha value is -3.31. The van der Waals surface area contributed by atoms with Crippen LogP contribution >= 0.6 is 11.8 Å². The van der Waals surface area contributed by atoms with Gasteiger partial charge in [-0.05, 0) is 47.7 Å². The third-order valence-corrected chi connectivity index (χ3v) is 6.26. The molecular weight excluding hydrogens is 446 g/mol. The van der Waals surface area contributed by atoms with E-state index in [2.05, 4.69) is 4.74 Å². The Balaban J connectivity index is 1.90. The molecule has 0 aliphatic carbocycles. The maximum absolute atomic E-state index is 12.5. The summed E-state index contributed by atoms with van der Waals surface area (Å²) in [5.74, 6) is -1.31. The van der Waals surface area contributed by atoms with Gasteiger partial charge >= 0.3 is 16.1 Å². The lowest BCUT2D eigenvalue weighted by molar-refractivity contribution is -0.143. The maximum atomic E-state index is 12.5. The number of hydrogen-bond donors (Lipinski definition) is 0. The molecule has 0 N–H and O–H groups in total. The molecule has 31 heavy (non-hydrogen) atoms. The highest BCUT2D eigenvalue weighted by molar-refractivity contribution is 8.18. The van der Waals surface area contributed by atoms with Crippen LogP contribution in [0.4, 0.5) is 4.79 Å². The van der Waals surface area contributed by atoms with Gasteiger partial charge in [0.25, 0.3) is 11.1 Å². The Labute approximate surface area is 182 Å². The molecule has 3 rings (SSSR count). The normalized spacial score (nSPS) is 15.3. The summed E-state index contributed by atoms with van der Waals surface area (Å²) in [6.07, 6.45) is 1.39. The lowest BCUT2D eigenvalue weighted by Crippen LogP contribution is -2.34. The fourth-order valence-electron chi connectivity index (χ4n) is 2.58. The van der Waals surface area contributed by atoms with Gasteiger partial charge in [0.1, 0.15) is 11.4 Å². The number of carbonyl (C=O) groups excluding carboxylic acids is 3. The lowest BCUT2D eigenvalue weighted by atomic mass is 10.2. The van der Waals surface area contributed by atoms with Crippen LogP contribution in [-0.2, 0) is 24.4 Å². The van der Waals surface area contributed by atoms with Crippen LogP contribution in [0.1, 0.15) is 5.56 Å². The Morgan fingerprint density at radius 3 is 2.42 bits per heavy atom. The van der Waals surface area contributed by atoms with Crippen molar-refractivity contribution in [3.63, 3.8) is 0 Å². The molecule has 0 atom stereocenters. The molecule has 1 aliphatic heterocycles. The van der Waals surface area contributed by atoms with Crippen LogP contribution in [0, 0.1) is 0 Å². The summed E-state index contributed by atoms with van der Waals surface area (Å²) in [4.78, 5) is 36.7. The second-order valence-electron chi connectivity index (χ2n) is 6.10. The van der Waals surface area contributed by atoms with Gasteiger partial charge in [-0.1, -0.05) is 24.3 Å². The van der Waals surface area contributed by atoms with Crippen LogP contribution in [-0.4, -0.2) is 51.2 Å². The third kappa shape index (κ3) is 5.06. The van der Waals surface area contributed by atoms with Crippen LogP contribution in [0.15, 0.2) is 58.3 Å². The van der Waals surface area contributed by atoms with Gasteiger partial charge < -0.3 is 13.7 Å². The van der Waals surface area contributed by atoms with E-state index >= 15 is 0 Å². The summed E-state index contributed by atoms with van der Waals surface area (Å²) in [5, 5.41) is -0.613. The quantitative estimate of drug-likeness (QED) is 0.347. The van der Waals surface area contributed by atoms with Crippen molar-refractivity contribution < 1.29 is 36.5 Å². The number of hydrogen-bond acceptors (Lipinski definition) is 9. The third-order valence-electron chi connectivity index (χ3n) is 4.11. The van der Waals surface area contributed by atoms with Gasteiger partial charge in [0.15, 0.2) is 11.5 Å². The molecule has 1 aliphatic rings. The summed E-state index contributed by atoms with van der Waals surface area (Å²) in [7, 11) is -1.61. The molecule has 2 aromatic carbocycles. The number of ether oxygens (including phenoxy) is 2. The smallest absolute Gasteiger partial charge is 0.339 e. The largest absolute Gasteiger partial charge is 0.493 e. The van der Waals surface area contributed by atoms with Crippen molar-refractivity contribution in [2.75, 3.05) is 20.8 Å². The highest BCUT2D eigenvalue weighted by Crippen LogP contribution is 2.35. The van der Waals surface area contributed by atoms with Crippen molar-refractivity contribution in [3.8, 4) is 11.5 Å². The first-order valence-electron chi connectivity index (χ1n) is 8.75. The van der Waals surface area contributed by atoms with Crippen LogP contribution in [0.5, 0.6) is 11.5 Å². The predicted octanol–water partition coefficient (Wildman–Crippen LogP) is 2.67. The number of methoxy groups -OCH3 is 2. The summed E-state index contributed by atoms with van der Waals surface area (Å²) in [6.45, 7) is -0.495. The summed E-state index contributed by atoms with van der Waals surface area (Å²) in [6, 6.07) is 12.0. The number of imide groups is 1. The number of esters is 1. The first-order valence-corrected chi connectivity index (χ1v) is 11.0. The summed E-state index contributed by atoms with van der Waals surface area (Å²) < 4.78 is 40.0. The minimum atomic E-state index is -4.12. The fourth-order valence-corrected chi connectivity index (χ4v) is 4.37. The average molecular weight is 463 g/mol. The lowest BCUT2D eigenvalue weighted by Gasteiger charge is -2.12. The van der Waals surface area contributed by atoms with Crippen LogP contribution in [0.25, 0.3) is 6.08 Å². The van der Waals surface area contributed by atoms with E-state index in [0.717, 1.165) is 12.0 Å². The minimum absolute atomic E-state index is 0.0358. The van der Waals surface area contributed by atoms with Gasteiger partial charge in [-0.25, -0.2) is 0 Å². The highest BCUT2D eigenvalue weighted by Gasteiger charge is 2.36. The maximum Gasteiger partial charge on any atom is 0.339 e. The second-order valence-corrected chi connectivity index (χ2v) is 8.64. The van der Waals surface area contributed by atoms with Crippen molar-refractivity contribution in [3.05, 3.63) is 59.0 Å². The number of thioether (sulfide) groups is 1. The van der Waals surface area contributed by atoms with E-state index in [9.17, 15) is 22.8 Å². The minimum Gasteiger partial charge on any atom is -0.493 e. The van der Waals surface area contributed by atoms with Gasteiger partial charge in [0.05, 0.1) is 19.1 Å². The SMILES string of the molecule is COC(=O)CN1C(=O)S/C(=C\c2ccc(OC)c(OS(=O)(=O)c3ccccc3)c2)C1=O. The van der Waals surface area contributed by atoms with Gasteiger partial charge in [0, 0.05) is 0 Å². The van der Waals surface area contributed by atoms with Crippen molar-refractivity contribution >= 4 is 45.1 Å². The molecule has 0 unspecified atom stereocenters. The van der Waals surface area contributed by atoms with Gasteiger partial charge in [0.2, 0.25) is 0 Å². The topological polar surface area (TPSA) is 116 Å². The monoisotopic (exact) mass is 463 g/mol. The van der Waals surface area contributed by atoms with E-state index in [1.807, 2.05) is 0 Å². The van der Waals surface area contributed by atoms with E-state index in [1.54, 1.807) is 24.3 Å². The van der Waals surface area contributed by atoms with Gasteiger partial charge in [-0.3, -0.25) is 19.3 Å². The van der Waals surface area contributed by atoms with Gasteiger partial charge in [-0.15, -0.1) is 0 Å². The average Bonchev–Trinajstić information content (AvgIpc) is 3.01. The Morgan fingerprint density at radius 2 is 1.77 bits per heavy atom. The first kappa shape index (κ1) is 22.4. The molecule has 1 fully saturated rings. The molecule has 2 amide bonds. The van der Waals surface area contributed by atoms with E-state index in [0.29, 0.717) is 17.3 Å². The molecule has 9 nitrogen and oxygen atoms in total. The number of amides is 2. The molecule has 0 spiro atoms. The number of rotatable bonds is 7. The zero-order valence-corrected chi connectivity index (χ0v) is 18.1. The van der Waals surface area contributed by atoms with Crippen LogP contribution in [0.2, 0.25) is 0 Å². The number of benzene rings is 2. The molecule has 0 saturated carbocycles. The van der Waals surface area contributed by atoms with E-state index in [1.165, 1.54) is 37.5 Å². The standard InChI is InChI=1S/C20H17NO8S2/c1-27-15-9-8-13(10-16(15)29-31(25,26)14-6-4-3-5-7-14)11-17-19(23)21(20(24)30-17)12-18(22)28-2/h3-11H,12H2,1-2H3/b17-11-.